The average molecular weight is 715 g/mol. The molecule has 6 fully saturated rings. The Morgan fingerprint density at radius 2 is 1.00 bits per heavy atom. The quantitative estimate of drug-likeness (QED) is 0.252. The van der Waals surface area contributed by atoms with E-state index in [0.717, 1.165) is 60.2 Å². The first kappa shape index (κ1) is 38.4. The van der Waals surface area contributed by atoms with Crippen molar-refractivity contribution in [2.45, 2.75) is 158 Å². The third-order valence-corrected chi connectivity index (χ3v) is 17.9. The van der Waals surface area contributed by atoms with Crippen LogP contribution in [0.15, 0.2) is 24.3 Å². The van der Waals surface area contributed by atoms with E-state index in [4.69, 9.17) is 9.47 Å². The maximum Gasteiger partial charge on any atom is 0.339 e. The Labute approximate surface area is 317 Å². The molecule has 0 N–H and O–H groups in total. The van der Waals surface area contributed by atoms with Gasteiger partial charge in [-0.25, -0.2) is 9.59 Å². The largest absolute Gasteiger partial charge is 0.461 e. The van der Waals surface area contributed by atoms with Crippen LogP contribution in [0.3, 0.4) is 0 Å². The Hall–Kier alpha value is -1.84. The normalized spacial score (nSPS) is 43.1. The molecule has 52 heavy (non-hydrogen) atoms. The summed E-state index contributed by atoms with van der Waals surface area (Å²) >= 11 is 0. The van der Waals surface area contributed by atoms with Gasteiger partial charge < -0.3 is 9.47 Å². The molecule has 0 bridgehead atoms. The van der Waals surface area contributed by atoms with Gasteiger partial charge in [0.25, 0.3) is 0 Å². The van der Waals surface area contributed by atoms with Crippen molar-refractivity contribution in [2.24, 2.45) is 80.8 Å². The fourth-order valence-electron chi connectivity index (χ4n) is 15.0. The lowest BCUT2D eigenvalue weighted by atomic mass is 9.44. The Kier molecular flexibility index (Phi) is 10.8. The maximum absolute atomic E-state index is 13.9. The highest BCUT2D eigenvalue weighted by atomic mass is 16.5. The van der Waals surface area contributed by atoms with Gasteiger partial charge in [0.1, 0.15) is 0 Å². The van der Waals surface area contributed by atoms with Crippen molar-refractivity contribution >= 4 is 11.9 Å². The van der Waals surface area contributed by atoms with E-state index in [1.165, 1.54) is 89.9 Å². The average Bonchev–Trinajstić information content (AvgIpc) is 3.12. The first-order valence-corrected chi connectivity index (χ1v) is 22.1. The number of carbonyl (C=O) groups excluding carboxylic acids is 2. The second-order valence-corrected chi connectivity index (χ2v) is 21.4. The van der Waals surface area contributed by atoms with Crippen molar-refractivity contribution < 1.29 is 19.1 Å². The minimum Gasteiger partial charge on any atom is -0.461 e. The van der Waals surface area contributed by atoms with Crippen LogP contribution in [0.1, 0.15) is 179 Å². The van der Waals surface area contributed by atoms with E-state index in [1.807, 2.05) is 12.1 Å². The molecule has 1 aromatic rings. The number of hydrogen-bond acceptors (Lipinski definition) is 4. The standard InChI is InChI=1S/C48H74O4/c1-31(2)33-15-19-39-35(27-33)17-21-41-45(5,23-11-25-47(39,41)7)29-51-43(49)37-13-9-10-14-38(37)44(50)52-30-46(6)24-12-26-48(8)40-20-16-34(32(3)4)28-36(40)18-22-42(46)48/h9-10,13-14,31-36,39-42H,11-12,15-30H2,1-8H3/t33-,34+,35-,36+,39-,40-,41-,42-,45+,46+,47+,48-/m1/s1. The van der Waals surface area contributed by atoms with Gasteiger partial charge in [-0.15, -0.1) is 0 Å². The van der Waals surface area contributed by atoms with E-state index >= 15 is 0 Å². The summed E-state index contributed by atoms with van der Waals surface area (Å²) in [5.41, 5.74) is 1.28. The summed E-state index contributed by atoms with van der Waals surface area (Å²) in [6, 6.07) is 7.22. The summed E-state index contributed by atoms with van der Waals surface area (Å²) in [6.45, 7) is 20.5. The summed E-state index contributed by atoms with van der Waals surface area (Å²) in [6.07, 6.45) is 20.7. The molecule has 0 amide bonds. The molecule has 6 saturated carbocycles. The summed E-state index contributed by atoms with van der Waals surface area (Å²) in [5.74, 6) is 7.02. The smallest absolute Gasteiger partial charge is 0.339 e. The zero-order valence-electron chi connectivity index (χ0n) is 34.4. The van der Waals surface area contributed by atoms with E-state index in [2.05, 4.69) is 55.4 Å². The van der Waals surface area contributed by atoms with E-state index in [-0.39, 0.29) is 22.8 Å². The van der Waals surface area contributed by atoms with Crippen molar-refractivity contribution in [1.29, 1.82) is 0 Å². The molecule has 0 unspecified atom stereocenters. The zero-order valence-corrected chi connectivity index (χ0v) is 34.4. The molecule has 0 heterocycles. The molecule has 0 radical (unpaired) electrons. The first-order chi connectivity index (χ1) is 24.7. The predicted molar refractivity (Wildman–Crippen MR) is 211 cm³/mol. The van der Waals surface area contributed by atoms with Crippen molar-refractivity contribution in [1.82, 2.24) is 0 Å². The van der Waals surface area contributed by atoms with Gasteiger partial charge in [0.2, 0.25) is 0 Å². The van der Waals surface area contributed by atoms with Crippen LogP contribution in [-0.4, -0.2) is 25.2 Å². The minimum atomic E-state index is -0.376. The molecule has 6 aliphatic rings. The third kappa shape index (κ3) is 6.84. The molecule has 12 atom stereocenters. The van der Waals surface area contributed by atoms with Crippen LogP contribution in [0.5, 0.6) is 0 Å². The lowest BCUT2D eigenvalue weighted by molar-refractivity contribution is -0.136. The Balaban J connectivity index is 0.994. The van der Waals surface area contributed by atoms with Crippen molar-refractivity contribution in [3.05, 3.63) is 35.4 Å². The fraction of sp³-hybridized carbons (Fsp3) is 0.833. The Morgan fingerprint density at radius 1 is 0.596 bits per heavy atom. The molecule has 1 aromatic carbocycles. The van der Waals surface area contributed by atoms with E-state index in [1.54, 1.807) is 12.1 Å². The highest BCUT2D eigenvalue weighted by Gasteiger charge is 2.59. The number of fused-ring (bicyclic) bond motifs is 6. The topological polar surface area (TPSA) is 52.6 Å². The summed E-state index contributed by atoms with van der Waals surface area (Å²) in [4.78, 5) is 27.8. The van der Waals surface area contributed by atoms with Crippen LogP contribution < -0.4 is 0 Å². The van der Waals surface area contributed by atoms with Gasteiger partial charge in [0.05, 0.1) is 24.3 Å². The second kappa shape index (κ2) is 14.7. The zero-order chi connectivity index (χ0) is 37.1. The molecular weight excluding hydrogens is 641 g/mol. The van der Waals surface area contributed by atoms with Crippen LogP contribution in [-0.2, 0) is 9.47 Å². The van der Waals surface area contributed by atoms with Crippen LogP contribution in [0.4, 0.5) is 0 Å². The molecule has 7 rings (SSSR count). The summed E-state index contributed by atoms with van der Waals surface area (Å²) in [7, 11) is 0. The van der Waals surface area contributed by atoms with Gasteiger partial charge in [-0.1, -0.05) is 80.4 Å². The monoisotopic (exact) mass is 715 g/mol. The van der Waals surface area contributed by atoms with Crippen LogP contribution in [0.25, 0.3) is 0 Å². The van der Waals surface area contributed by atoms with E-state index < -0.39 is 0 Å². The molecule has 4 nitrogen and oxygen atoms in total. The van der Waals surface area contributed by atoms with Crippen molar-refractivity contribution in [2.75, 3.05) is 13.2 Å². The van der Waals surface area contributed by atoms with Crippen LogP contribution >= 0.6 is 0 Å². The fourth-order valence-corrected chi connectivity index (χ4v) is 15.0. The third-order valence-electron chi connectivity index (χ3n) is 17.9. The van der Waals surface area contributed by atoms with Crippen molar-refractivity contribution in [3.8, 4) is 0 Å². The molecular formula is C48H74O4. The van der Waals surface area contributed by atoms with Gasteiger partial charge in [0, 0.05) is 10.8 Å². The molecule has 4 heteroatoms. The van der Waals surface area contributed by atoms with Crippen molar-refractivity contribution in [3.63, 3.8) is 0 Å². The molecule has 6 aliphatic carbocycles. The van der Waals surface area contributed by atoms with Gasteiger partial charge in [-0.3, -0.25) is 0 Å². The molecule has 0 aliphatic heterocycles. The van der Waals surface area contributed by atoms with Gasteiger partial charge in [-0.05, 0) is 172 Å². The summed E-state index contributed by atoms with van der Waals surface area (Å²) in [5, 5.41) is 0. The molecule has 0 spiro atoms. The highest BCUT2D eigenvalue weighted by Crippen LogP contribution is 2.66. The predicted octanol–water partition coefficient (Wildman–Crippen LogP) is 12.6. The molecule has 290 valence electrons. The van der Waals surface area contributed by atoms with Gasteiger partial charge in [-0.2, -0.15) is 0 Å². The van der Waals surface area contributed by atoms with Gasteiger partial charge in [0.15, 0.2) is 0 Å². The molecule has 0 aromatic heterocycles. The Bertz CT molecular complexity index is 1340. The van der Waals surface area contributed by atoms with Crippen LogP contribution in [0, 0.1) is 80.8 Å². The van der Waals surface area contributed by atoms with E-state index in [9.17, 15) is 9.59 Å². The lowest BCUT2D eigenvalue weighted by Gasteiger charge is -2.61. The van der Waals surface area contributed by atoms with Crippen LogP contribution in [0.2, 0.25) is 0 Å². The number of rotatable bonds is 8. The summed E-state index contributed by atoms with van der Waals surface area (Å²) < 4.78 is 12.5. The Morgan fingerprint density at radius 3 is 1.38 bits per heavy atom. The number of hydrogen-bond donors (Lipinski definition) is 0. The number of carbonyl (C=O) groups is 2. The van der Waals surface area contributed by atoms with Gasteiger partial charge >= 0.3 is 11.9 Å². The molecule has 0 saturated heterocycles. The van der Waals surface area contributed by atoms with E-state index in [0.29, 0.717) is 47.0 Å². The second-order valence-electron chi connectivity index (χ2n) is 21.4. The minimum absolute atomic E-state index is 0.0345. The lowest BCUT2D eigenvalue weighted by Crippen LogP contribution is -2.55. The number of ether oxygens (including phenoxy) is 2. The number of benzene rings is 1. The number of esters is 2. The first-order valence-electron chi connectivity index (χ1n) is 22.1. The highest BCUT2D eigenvalue weighted by molar-refractivity contribution is 6.03. The maximum atomic E-state index is 13.9. The SMILES string of the molecule is CC(C)[C@@H]1CC[C@@H]2[C@H](CC[C@@H]3[C@](C)(COC(=O)c4ccccc4C(=O)OC[C@]4(C)CCC[C@]5(C)[C@@H]6CC[C@H](C(C)C)C[C@@H]6CC[C@H]45)CCC[C@@]23C)C1.